The average Bonchev–Trinajstić information content (AvgIpc) is 3.77. The topological polar surface area (TPSA) is 318 Å². The molecule has 2 aromatic carbocycles. The minimum Gasteiger partial charge on any atom is -0.490 e. The van der Waals surface area contributed by atoms with Crippen molar-refractivity contribution >= 4 is 55.0 Å². The molecule has 9 N–H and O–H groups in total. The number of nitrogens with one attached hydrogen (secondary N) is 6. The van der Waals surface area contributed by atoms with E-state index in [1.54, 1.807) is 25.3 Å². The zero-order valence-corrected chi connectivity index (χ0v) is 43.0. The van der Waals surface area contributed by atoms with Crippen LogP contribution in [0.25, 0.3) is 0 Å². The number of ether oxygens (including phenoxy) is 3. The number of aromatic carboxylic acids is 1. The second kappa shape index (κ2) is 27.8. The number of carboxylic acid groups (broad SMARTS) is 1. The number of alkyl halides is 3. The Labute approximate surface area is 435 Å². The Morgan fingerprint density at radius 3 is 2.45 bits per heavy atom. The van der Waals surface area contributed by atoms with E-state index < -0.39 is 43.4 Å². The summed E-state index contributed by atoms with van der Waals surface area (Å²) in [4.78, 5) is 94.5. The molecule has 4 unspecified atom stereocenters. The third kappa shape index (κ3) is 18.2. The smallest absolute Gasteiger partial charge is 0.442 e. The number of unbranched alkanes of at least 4 members (excludes halogenated alkanes) is 3. The number of Topliss-reactive ketones (excluding diaryl/α,β-unsaturated/α-hetero) is 1. The van der Waals surface area contributed by atoms with Gasteiger partial charge in [-0.25, -0.2) is 24.1 Å². The number of nitrogens with zero attached hydrogens (tertiary/aromatic N) is 5. The number of hydrogen-bond donors (Lipinski definition) is 9. The minimum atomic E-state index is -4.82. The van der Waals surface area contributed by atoms with E-state index in [9.17, 15) is 56.8 Å². The van der Waals surface area contributed by atoms with Crippen molar-refractivity contribution < 1.29 is 71.0 Å². The van der Waals surface area contributed by atoms with Crippen LogP contribution in [0.2, 0.25) is 0 Å². The predicted octanol–water partition coefficient (Wildman–Crippen LogP) is 3.38. The summed E-state index contributed by atoms with van der Waals surface area (Å²) in [5.74, 6) is -1.83. The molecule has 4 heterocycles. The van der Waals surface area contributed by atoms with Crippen molar-refractivity contribution in [2.75, 3.05) is 70.7 Å². The second-order valence-corrected chi connectivity index (χ2v) is 22.0. The number of benzene rings is 2. The van der Waals surface area contributed by atoms with Gasteiger partial charge in [0.15, 0.2) is 11.9 Å². The Kier molecular flexibility index (Phi) is 21.7. The molecule has 3 aliphatic rings. The maximum Gasteiger partial charge on any atom is 0.442 e. The highest BCUT2D eigenvalue weighted by Gasteiger charge is 2.65. The maximum atomic E-state index is 13.8. The van der Waals surface area contributed by atoms with Crippen molar-refractivity contribution in [1.82, 2.24) is 46.9 Å². The summed E-state index contributed by atoms with van der Waals surface area (Å²) in [7, 11) is -3.56. The van der Waals surface area contributed by atoms with E-state index in [1.807, 2.05) is 11.8 Å². The number of ketones is 1. The zero-order valence-electron chi connectivity index (χ0n) is 41.3. The van der Waals surface area contributed by atoms with E-state index >= 15 is 0 Å². The van der Waals surface area contributed by atoms with Crippen molar-refractivity contribution in [3.05, 3.63) is 76.6 Å². The normalized spacial score (nSPS) is 17.9. The third-order valence-corrected chi connectivity index (χ3v) is 15.7. The van der Waals surface area contributed by atoms with Crippen molar-refractivity contribution in [2.24, 2.45) is 10.2 Å². The number of rotatable bonds is 34. The lowest BCUT2D eigenvalue weighted by molar-refractivity contribution is -0.166. The van der Waals surface area contributed by atoms with Crippen molar-refractivity contribution in [1.29, 1.82) is 0 Å². The van der Waals surface area contributed by atoms with Crippen LogP contribution in [0.1, 0.15) is 95.4 Å². The van der Waals surface area contributed by atoms with E-state index in [0.29, 0.717) is 42.2 Å². The second-order valence-electron chi connectivity index (χ2n) is 18.2. The summed E-state index contributed by atoms with van der Waals surface area (Å²) in [6.07, 6.45) is 0.400. The van der Waals surface area contributed by atoms with Gasteiger partial charge in [0.2, 0.25) is 11.8 Å². The highest BCUT2D eigenvalue weighted by atomic mass is 32.2. The lowest BCUT2D eigenvalue weighted by Crippen LogP contribution is -2.36. The Bertz CT molecular complexity index is 2480. The number of thioether (sulfide) groups is 1. The Morgan fingerprint density at radius 1 is 0.920 bits per heavy atom. The van der Waals surface area contributed by atoms with Crippen LogP contribution >= 0.6 is 19.5 Å². The first kappa shape index (κ1) is 58.4. The van der Waals surface area contributed by atoms with Gasteiger partial charge in [-0.3, -0.25) is 19.2 Å². The van der Waals surface area contributed by atoms with Crippen LogP contribution in [-0.4, -0.2) is 160 Å². The quantitative estimate of drug-likeness (QED) is 0.0235. The summed E-state index contributed by atoms with van der Waals surface area (Å²) in [6.45, 7) is 2.28. The largest absolute Gasteiger partial charge is 0.490 e. The minimum absolute atomic E-state index is 0.0141. The van der Waals surface area contributed by atoms with E-state index in [-0.39, 0.29) is 130 Å². The highest BCUT2D eigenvalue weighted by molar-refractivity contribution is 8.00. The lowest BCUT2D eigenvalue weighted by atomic mass is 10.00. The van der Waals surface area contributed by atoms with Gasteiger partial charge in [0.05, 0.1) is 68.9 Å². The molecule has 0 spiro atoms. The molecule has 0 saturated carbocycles. The molecular weight excluding hydrogens is 1030 g/mol. The molecule has 2 saturated heterocycles. The average molecular weight is 1100 g/mol. The molecule has 2 fully saturated rings. The van der Waals surface area contributed by atoms with Crippen LogP contribution in [0.5, 0.6) is 5.75 Å². The van der Waals surface area contributed by atoms with Gasteiger partial charge in [0, 0.05) is 42.1 Å². The number of carboxylic acids is 1. The third-order valence-electron chi connectivity index (χ3n) is 12.3. The van der Waals surface area contributed by atoms with Crippen LogP contribution in [-0.2, 0) is 42.6 Å². The number of hydrogen-bond acceptors (Lipinski definition) is 17. The van der Waals surface area contributed by atoms with Gasteiger partial charge in [-0.1, -0.05) is 29.8 Å². The van der Waals surface area contributed by atoms with E-state index in [4.69, 9.17) is 14.2 Å². The predicted molar refractivity (Wildman–Crippen MR) is 267 cm³/mol. The van der Waals surface area contributed by atoms with Gasteiger partial charge in [0.25, 0.3) is 13.6 Å². The molecule has 3 aromatic rings. The van der Waals surface area contributed by atoms with Crippen LogP contribution in [0.3, 0.4) is 0 Å². The molecule has 1 aromatic heterocycles. The lowest BCUT2D eigenvalue weighted by Gasteiger charge is -2.18. The molecule has 23 nitrogen and oxygen atoms in total. The molecule has 4 atom stereocenters. The van der Waals surface area contributed by atoms with Crippen LogP contribution in [0.4, 0.5) is 18.0 Å². The first-order valence-electron chi connectivity index (χ1n) is 24.6. The summed E-state index contributed by atoms with van der Waals surface area (Å²) in [5, 5.41) is 41.1. The molecule has 0 radical (unpaired) electrons. The molecule has 410 valence electrons. The highest BCUT2D eigenvalue weighted by Crippen LogP contribution is 2.53. The molecular formula is C47H64F3N11O12PS+. The number of carbonyl (C=O) groups is 6. The maximum absolute atomic E-state index is 13.8. The van der Waals surface area contributed by atoms with E-state index in [2.05, 4.69) is 52.4 Å². The standard InChI is InChI=1S/C47H63F3N11O12PS/c1-30(31-8-7-9-32(22-31)44(66)67)53-25-35(62)28-74(69,70)21-6-2-5-14-52-43(65)36-13-12-33(46(58-59-46)47(48,49)50)23-38(36)73-20-19-72-18-17-71-16-15-51-41(64)27-61-26-34(57-60-61)24-54-40(63)11-4-3-10-39-42-37(29-75-39)55-45(68)56-42/h7-9,12-13,22-23,26,30,37,39,42,53,69-70H,2-6,10-11,14-21,24-25,27-29H2,1H3,(H5-,51,52,54,55,56,63,64,65,66,67,68)/p+1. The number of fused-ring (bicyclic) bond motifs is 1. The van der Waals surface area contributed by atoms with Crippen LogP contribution in [0, 0.1) is 0 Å². The molecule has 6 rings (SSSR count). The molecule has 0 bridgehead atoms. The molecule has 28 heteroatoms. The van der Waals surface area contributed by atoms with Gasteiger partial charge in [-0.2, -0.15) is 24.9 Å². The monoisotopic (exact) mass is 1090 g/mol. The Balaban J connectivity index is 0.809. The molecule has 3 aliphatic heterocycles. The van der Waals surface area contributed by atoms with Gasteiger partial charge >= 0.3 is 23.8 Å². The summed E-state index contributed by atoms with van der Waals surface area (Å²) in [6, 6.07) is 9.45. The summed E-state index contributed by atoms with van der Waals surface area (Å²) < 4.78 is 59.7. The number of carbonyl (C=O) groups excluding carboxylic acids is 5. The van der Waals surface area contributed by atoms with Gasteiger partial charge in [-0.05, 0) is 68.9 Å². The first-order chi connectivity index (χ1) is 35.8. The van der Waals surface area contributed by atoms with E-state index in [0.717, 1.165) is 37.1 Å². The molecule has 0 aliphatic carbocycles. The van der Waals surface area contributed by atoms with Crippen LogP contribution < -0.4 is 36.6 Å². The van der Waals surface area contributed by atoms with Gasteiger partial charge in [0.1, 0.15) is 30.8 Å². The number of urea groups is 1. The Morgan fingerprint density at radius 2 is 1.69 bits per heavy atom. The fourth-order valence-corrected chi connectivity index (χ4v) is 11.4. The van der Waals surface area contributed by atoms with Gasteiger partial charge < -0.3 is 51.2 Å². The zero-order chi connectivity index (χ0) is 54.0. The number of amides is 5. The summed E-state index contributed by atoms with van der Waals surface area (Å²) in [5.41, 5.74) is -1.87. The van der Waals surface area contributed by atoms with Gasteiger partial charge in [-0.15, -0.1) is 15.3 Å². The van der Waals surface area contributed by atoms with Crippen molar-refractivity contribution in [3.63, 3.8) is 0 Å². The fraction of sp³-hybridized carbons (Fsp3) is 0.574. The van der Waals surface area contributed by atoms with Crippen LogP contribution in [0.15, 0.2) is 58.9 Å². The summed E-state index contributed by atoms with van der Waals surface area (Å²) >= 11 is 1.84. The SMILES string of the molecule is CC(NCC(=O)C[P+](O)(O)CCCCCNC(=O)c1ccc(C2(C(F)(F)F)N=N2)cc1OCCOCCOCCNC(=O)Cn1cc(CNC(=O)CCCCC2SCC3NC(=O)NC32)nn1)c1cccc(C(=O)O)c1. The molecule has 75 heavy (non-hydrogen) atoms. The van der Waals surface area contributed by atoms with E-state index in [1.165, 1.54) is 22.9 Å². The first-order valence-corrected chi connectivity index (χ1v) is 27.7. The number of halogens is 3. The molecule has 5 amide bonds. The fourth-order valence-electron chi connectivity index (χ4n) is 8.24. The van der Waals surface area contributed by atoms with Crippen molar-refractivity contribution in [2.45, 2.75) is 100 Å². The Hall–Kier alpha value is -5.83. The van der Waals surface area contributed by atoms with Crippen molar-refractivity contribution in [3.8, 4) is 5.75 Å². The number of aromatic nitrogens is 3.